The van der Waals surface area contributed by atoms with Crippen LogP contribution in [0.4, 0.5) is 0 Å². The Morgan fingerprint density at radius 3 is 2.59 bits per heavy atom. The van der Waals surface area contributed by atoms with Gasteiger partial charge < -0.3 is 19.9 Å². The second-order valence-corrected chi connectivity index (χ2v) is 7.34. The van der Waals surface area contributed by atoms with E-state index in [1.807, 2.05) is 13.8 Å². The van der Waals surface area contributed by atoms with Crippen LogP contribution in [-0.2, 0) is 20.9 Å². The third-order valence-corrected chi connectivity index (χ3v) is 4.69. The Morgan fingerprint density at radius 2 is 2.00 bits per heavy atom. The number of methoxy groups -OCH3 is 1. The van der Waals surface area contributed by atoms with Crippen molar-refractivity contribution >= 4 is 35.4 Å². The van der Waals surface area contributed by atoms with Crippen molar-refractivity contribution < 1.29 is 23.8 Å². The molecule has 0 spiro atoms. The van der Waals surface area contributed by atoms with Crippen LogP contribution in [-0.4, -0.2) is 36.3 Å². The Kier molecular flexibility index (Phi) is 7.60. The zero-order valence-corrected chi connectivity index (χ0v) is 17.6. The molecule has 29 heavy (non-hydrogen) atoms. The van der Waals surface area contributed by atoms with E-state index in [2.05, 4.69) is 0 Å². The summed E-state index contributed by atoms with van der Waals surface area (Å²) in [5.41, 5.74) is 5.52. The molecule has 1 aromatic carbocycles. The molecule has 0 aliphatic heterocycles. The number of hydrogen-bond acceptors (Lipinski definition) is 7. The Morgan fingerprint density at radius 1 is 1.28 bits per heavy atom. The number of carbonyl (C=O) groups is 2. The number of nitrogens with zero attached hydrogens (tertiary/aromatic N) is 1. The molecular weight excluding hydrogens is 396 g/mol. The molecule has 9 heteroatoms. The lowest BCUT2D eigenvalue weighted by Crippen LogP contribution is -2.36. The third-order valence-electron chi connectivity index (χ3n) is 3.63. The molecule has 2 rings (SSSR count). The van der Waals surface area contributed by atoms with E-state index in [0.717, 1.165) is 15.9 Å². The normalized spacial score (nSPS) is 12.3. The number of hydrogen-bond donors (Lipinski definition) is 1. The average molecular weight is 420 g/mol. The summed E-state index contributed by atoms with van der Waals surface area (Å²) in [6, 6.07) is 5.28. The number of nitrogens with two attached hydrogens (primary N) is 1. The number of thiazole rings is 1. The number of carbonyl (C=O) groups excluding carboxylic acids is 2. The quantitative estimate of drug-likeness (QED) is 0.618. The fourth-order valence-corrected chi connectivity index (χ4v) is 3.54. The van der Waals surface area contributed by atoms with Gasteiger partial charge in [-0.05, 0) is 44.5 Å². The second kappa shape index (κ2) is 9.92. The van der Waals surface area contributed by atoms with E-state index >= 15 is 0 Å². The lowest BCUT2D eigenvalue weighted by Gasteiger charge is -2.13. The molecule has 2 N–H and O–H groups in total. The molecule has 1 amide bonds. The first-order chi connectivity index (χ1) is 13.7. The number of amides is 1. The van der Waals surface area contributed by atoms with Crippen LogP contribution in [0.2, 0.25) is 0 Å². The molecule has 1 aromatic heterocycles. The van der Waals surface area contributed by atoms with E-state index in [-0.39, 0.29) is 23.9 Å². The highest BCUT2D eigenvalue weighted by Gasteiger charge is 2.11. The predicted molar refractivity (Wildman–Crippen MR) is 110 cm³/mol. The number of esters is 1. The topological polar surface area (TPSA) is 110 Å². The average Bonchev–Trinajstić information content (AvgIpc) is 2.91. The van der Waals surface area contributed by atoms with Crippen molar-refractivity contribution in [1.29, 1.82) is 0 Å². The minimum atomic E-state index is -0.688. The highest BCUT2D eigenvalue weighted by atomic mass is 32.1. The van der Waals surface area contributed by atoms with Crippen LogP contribution < -0.4 is 30.0 Å². The van der Waals surface area contributed by atoms with E-state index in [9.17, 15) is 14.4 Å². The minimum Gasteiger partial charge on any atom is -0.493 e. The number of ether oxygens (including phenoxy) is 3. The molecule has 0 bridgehead atoms. The summed E-state index contributed by atoms with van der Waals surface area (Å²) in [4.78, 5) is 35.9. The van der Waals surface area contributed by atoms with Gasteiger partial charge in [0.05, 0.1) is 30.4 Å². The van der Waals surface area contributed by atoms with Crippen molar-refractivity contribution in [3.05, 3.63) is 43.3 Å². The molecule has 8 nitrogen and oxygen atoms in total. The molecule has 0 unspecified atom stereocenters. The Labute approximate surface area is 171 Å². The fraction of sp³-hybridized carbons (Fsp3) is 0.350. The van der Waals surface area contributed by atoms with Crippen molar-refractivity contribution in [3.8, 4) is 11.5 Å². The molecule has 156 valence electrons. The van der Waals surface area contributed by atoms with E-state index in [1.54, 1.807) is 31.2 Å². The molecule has 0 atom stereocenters. The second-order valence-electron chi connectivity index (χ2n) is 6.28. The number of rotatable bonds is 8. The maximum Gasteiger partial charge on any atom is 0.333 e. The number of aromatic nitrogens is 1. The first kappa shape index (κ1) is 22.2. The van der Waals surface area contributed by atoms with Crippen molar-refractivity contribution in [2.24, 2.45) is 5.73 Å². The summed E-state index contributed by atoms with van der Waals surface area (Å²) >= 11 is 1.06. The van der Waals surface area contributed by atoms with Crippen LogP contribution in [0, 0.1) is 0 Å². The van der Waals surface area contributed by atoms with Gasteiger partial charge in [0.25, 0.3) is 5.56 Å². The van der Waals surface area contributed by atoms with Gasteiger partial charge in [-0.3, -0.25) is 14.2 Å². The molecule has 0 radical (unpaired) electrons. The van der Waals surface area contributed by atoms with Crippen molar-refractivity contribution in [3.63, 3.8) is 0 Å². The van der Waals surface area contributed by atoms with E-state index in [1.165, 1.54) is 13.2 Å². The first-order valence-corrected chi connectivity index (χ1v) is 9.79. The van der Waals surface area contributed by atoms with Crippen molar-refractivity contribution in [2.45, 2.75) is 33.4 Å². The Balaban J connectivity index is 2.58. The van der Waals surface area contributed by atoms with Gasteiger partial charge in [-0.15, -0.1) is 11.3 Å². The minimum absolute atomic E-state index is 0.0157. The molecular formula is C20H24N2O6S. The monoisotopic (exact) mass is 420 g/mol. The van der Waals surface area contributed by atoms with Crippen molar-refractivity contribution in [2.75, 3.05) is 13.7 Å². The largest absolute Gasteiger partial charge is 0.493 e. The smallest absolute Gasteiger partial charge is 0.333 e. The lowest BCUT2D eigenvalue weighted by molar-refractivity contribution is -0.135. The molecule has 0 aliphatic rings. The Hall–Kier alpha value is -3.07. The molecule has 2 aromatic rings. The van der Waals surface area contributed by atoms with Crippen LogP contribution >= 0.6 is 11.3 Å². The summed E-state index contributed by atoms with van der Waals surface area (Å²) < 4.78 is 17.7. The van der Waals surface area contributed by atoms with Crippen molar-refractivity contribution in [1.82, 2.24) is 4.57 Å². The van der Waals surface area contributed by atoms with Gasteiger partial charge in [0.1, 0.15) is 11.2 Å². The lowest BCUT2D eigenvalue weighted by atomic mass is 10.2. The summed E-state index contributed by atoms with van der Waals surface area (Å²) in [5, 5.41) is 0. The highest BCUT2D eigenvalue weighted by Crippen LogP contribution is 2.29. The molecule has 0 saturated carbocycles. The van der Waals surface area contributed by atoms with Gasteiger partial charge in [-0.1, -0.05) is 6.07 Å². The molecule has 0 aliphatic carbocycles. The number of benzene rings is 1. The van der Waals surface area contributed by atoms with Gasteiger partial charge in [0.15, 0.2) is 11.5 Å². The number of primary amides is 1. The van der Waals surface area contributed by atoms with E-state index < -0.39 is 17.4 Å². The first-order valence-electron chi connectivity index (χ1n) is 8.98. The van der Waals surface area contributed by atoms with E-state index in [0.29, 0.717) is 21.6 Å². The van der Waals surface area contributed by atoms with Gasteiger partial charge >= 0.3 is 5.97 Å². The van der Waals surface area contributed by atoms with Crippen LogP contribution in [0.3, 0.4) is 0 Å². The summed E-state index contributed by atoms with van der Waals surface area (Å²) in [7, 11) is 1.53. The van der Waals surface area contributed by atoms with Crippen LogP contribution in [0.15, 0.2) is 23.0 Å². The third kappa shape index (κ3) is 5.95. The standard InChI is InChI=1S/C20H24N2O6S/c1-5-27-19(24)10-18-22(11-17(21)23)20(25)16(29-18)9-13-6-7-14(28-12(2)3)15(8-13)26-4/h6-10,12H,5,11H2,1-4H3,(H2,21,23)/b16-9?,18-10+. The molecule has 0 saturated heterocycles. The summed E-state index contributed by atoms with van der Waals surface area (Å²) in [5.74, 6) is -0.171. The van der Waals surface area contributed by atoms with Crippen LogP contribution in [0.25, 0.3) is 12.2 Å². The zero-order valence-electron chi connectivity index (χ0n) is 16.8. The highest BCUT2D eigenvalue weighted by molar-refractivity contribution is 7.07. The molecule has 1 heterocycles. The maximum absolute atomic E-state index is 12.7. The Bertz CT molecular complexity index is 1070. The van der Waals surface area contributed by atoms with Gasteiger partial charge in [-0.25, -0.2) is 4.79 Å². The summed E-state index contributed by atoms with van der Waals surface area (Å²) in [6.45, 7) is 5.36. The summed E-state index contributed by atoms with van der Waals surface area (Å²) in [6.07, 6.45) is 2.81. The maximum atomic E-state index is 12.7. The van der Waals surface area contributed by atoms with Crippen LogP contribution in [0.1, 0.15) is 26.3 Å². The predicted octanol–water partition coefficient (Wildman–Crippen LogP) is 0.363. The van der Waals surface area contributed by atoms with Gasteiger partial charge in [-0.2, -0.15) is 0 Å². The van der Waals surface area contributed by atoms with Gasteiger partial charge in [0, 0.05) is 0 Å². The van der Waals surface area contributed by atoms with Gasteiger partial charge in [0.2, 0.25) is 5.91 Å². The van der Waals surface area contributed by atoms with E-state index in [4.69, 9.17) is 19.9 Å². The SMILES string of the molecule is CCOC(=O)/C=c1/sc(=Cc2ccc(OC(C)C)c(OC)c2)c(=O)n1CC(N)=O. The van der Waals surface area contributed by atoms with Crippen LogP contribution in [0.5, 0.6) is 11.5 Å². The molecule has 0 fully saturated rings. The fourth-order valence-electron chi connectivity index (χ4n) is 2.51. The zero-order chi connectivity index (χ0) is 21.6.